The summed E-state index contributed by atoms with van der Waals surface area (Å²) in [5.74, 6) is -5.40. The first kappa shape index (κ1) is 21.4. The fourth-order valence-corrected chi connectivity index (χ4v) is 5.29. The Kier molecular flexibility index (Phi) is 7.81. The van der Waals surface area contributed by atoms with Gasteiger partial charge in [0.15, 0.2) is 25.8 Å². The number of halogens is 5. The van der Waals surface area contributed by atoms with Crippen molar-refractivity contribution in [1.82, 2.24) is 5.12 Å². The molecule has 0 aromatic heterocycles. The van der Waals surface area contributed by atoms with Crippen LogP contribution in [0.4, 0.5) is 32.6 Å². The molecule has 0 aliphatic rings. The van der Waals surface area contributed by atoms with E-state index in [0.29, 0.717) is 18.2 Å². The molecule has 4 nitrogen and oxygen atoms in total. The van der Waals surface area contributed by atoms with Crippen molar-refractivity contribution in [2.24, 2.45) is 0 Å². The summed E-state index contributed by atoms with van der Waals surface area (Å²) in [4.78, 5) is 11.7. The first-order chi connectivity index (χ1) is 11.7. The van der Waals surface area contributed by atoms with Crippen molar-refractivity contribution in [2.45, 2.75) is 38.4 Å². The predicted molar refractivity (Wildman–Crippen MR) is 86.3 cm³/mol. The van der Waals surface area contributed by atoms with Crippen molar-refractivity contribution < 1.29 is 31.4 Å². The van der Waals surface area contributed by atoms with E-state index < -0.39 is 54.3 Å². The van der Waals surface area contributed by atoms with Crippen LogP contribution in [-0.4, -0.2) is 33.1 Å². The molecule has 0 bridgehead atoms. The number of amides is 2. The van der Waals surface area contributed by atoms with Gasteiger partial charge in [0.2, 0.25) is 0 Å². The summed E-state index contributed by atoms with van der Waals surface area (Å²) in [6.45, 7) is 3.50. The van der Waals surface area contributed by atoms with E-state index in [9.17, 15) is 26.9 Å². The number of carbonyl (C=O) groups is 1. The SMILES string of the molecule is CC[Si](CC)(CCCN(F)C(=O)N(F)c1ccc(F)c(F)c1F)OC. The van der Waals surface area contributed by atoms with Gasteiger partial charge >= 0.3 is 6.03 Å². The Morgan fingerprint density at radius 2 is 1.72 bits per heavy atom. The molecule has 0 fully saturated rings. The molecule has 0 aliphatic carbocycles. The Morgan fingerprint density at radius 3 is 2.24 bits per heavy atom. The van der Waals surface area contributed by atoms with Crippen LogP contribution in [0, 0.1) is 17.5 Å². The van der Waals surface area contributed by atoms with E-state index in [-0.39, 0.29) is 6.42 Å². The Hall–Kier alpha value is -1.68. The highest BCUT2D eigenvalue weighted by Gasteiger charge is 2.31. The van der Waals surface area contributed by atoms with Crippen LogP contribution in [0.25, 0.3) is 0 Å². The van der Waals surface area contributed by atoms with Crippen molar-refractivity contribution in [3.63, 3.8) is 0 Å². The van der Waals surface area contributed by atoms with Gasteiger partial charge in [-0.3, -0.25) is 0 Å². The van der Waals surface area contributed by atoms with E-state index in [1.807, 2.05) is 13.8 Å². The van der Waals surface area contributed by atoms with E-state index in [2.05, 4.69) is 0 Å². The molecular formula is C15H21F5N2O2Si. The fraction of sp³-hybridized carbons (Fsp3) is 0.533. The van der Waals surface area contributed by atoms with Crippen molar-refractivity contribution in [2.75, 3.05) is 18.8 Å². The number of carbonyl (C=O) groups excluding carboxylic acids is 1. The summed E-state index contributed by atoms with van der Waals surface area (Å²) in [7, 11) is -0.406. The van der Waals surface area contributed by atoms with Crippen LogP contribution in [0.1, 0.15) is 20.3 Å². The molecule has 0 radical (unpaired) electrons. The standard InChI is InChI=1S/C15H21F5N2O2Si/c1-4-25(5-2,24-3)10-6-9-21(19)15(23)22(20)12-8-7-11(16)13(17)14(12)18/h7-8H,4-6,9-10H2,1-3H3. The third-order valence-electron chi connectivity index (χ3n) is 4.31. The number of rotatable bonds is 8. The van der Waals surface area contributed by atoms with Crippen LogP contribution in [0.5, 0.6) is 0 Å². The van der Waals surface area contributed by atoms with Crippen LogP contribution in [0.2, 0.25) is 18.1 Å². The normalized spacial score (nSPS) is 11.5. The molecular weight excluding hydrogens is 363 g/mol. The molecule has 25 heavy (non-hydrogen) atoms. The molecule has 1 aromatic carbocycles. The summed E-state index contributed by atoms with van der Waals surface area (Å²) in [6.07, 6.45) is 0.234. The zero-order valence-corrected chi connectivity index (χ0v) is 15.3. The quantitative estimate of drug-likeness (QED) is 0.270. The van der Waals surface area contributed by atoms with Crippen molar-refractivity contribution in [3.8, 4) is 0 Å². The van der Waals surface area contributed by atoms with E-state index >= 15 is 0 Å². The molecule has 0 unspecified atom stereocenters. The summed E-state index contributed by atoms with van der Waals surface area (Å²) in [5, 5.41) is -1.32. The van der Waals surface area contributed by atoms with Crippen LogP contribution in [0.15, 0.2) is 12.1 Å². The lowest BCUT2D eigenvalue weighted by atomic mass is 10.3. The number of urea groups is 1. The smallest absolute Gasteiger partial charge is 0.381 e. The second-order valence-corrected chi connectivity index (χ2v) is 10.2. The van der Waals surface area contributed by atoms with Gasteiger partial charge < -0.3 is 4.43 Å². The molecule has 2 amide bonds. The third-order valence-corrected chi connectivity index (χ3v) is 9.02. The zero-order valence-electron chi connectivity index (χ0n) is 14.3. The number of anilines is 1. The molecule has 1 rings (SSSR count). The monoisotopic (exact) mass is 384 g/mol. The lowest BCUT2D eigenvalue weighted by Gasteiger charge is -2.27. The highest BCUT2D eigenvalue weighted by Crippen LogP contribution is 2.26. The van der Waals surface area contributed by atoms with Crippen molar-refractivity contribution in [3.05, 3.63) is 29.6 Å². The topological polar surface area (TPSA) is 32.8 Å². The van der Waals surface area contributed by atoms with E-state index in [0.717, 1.165) is 12.1 Å². The Morgan fingerprint density at radius 1 is 1.12 bits per heavy atom. The number of nitrogens with zero attached hydrogens (tertiary/aromatic N) is 2. The number of hydrogen-bond acceptors (Lipinski definition) is 2. The first-order valence-corrected chi connectivity index (χ1v) is 10.4. The highest BCUT2D eigenvalue weighted by molar-refractivity contribution is 6.73. The lowest BCUT2D eigenvalue weighted by Crippen LogP contribution is -2.38. The largest absolute Gasteiger partial charge is 0.420 e. The molecule has 1 aromatic rings. The van der Waals surface area contributed by atoms with Crippen LogP contribution < -0.4 is 5.12 Å². The predicted octanol–water partition coefficient (Wildman–Crippen LogP) is 5.12. The van der Waals surface area contributed by atoms with Crippen LogP contribution in [0.3, 0.4) is 0 Å². The maximum Gasteiger partial charge on any atom is 0.381 e. The molecule has 10 heteroatoms. The molecule has 0 saturated carbocycles. The molecule has 0 spiro atoms. The van der Waals surface area contributed by atoms with Gasteiger partial charge in [0, 0.05) is 7.11 Å². The van der Waals surface area contributed by atoms with Crippen molar-refractivity contribution >= 4 is 20.0 Å². The van der Waals surface area contributed by atoms with Crippen LogP contribution in [-0.2, 0) is 4.43 Å². The summed E-state index contributed by atoms with van der Waals surface area (Å²) in [6, 6.07) is 1.33. The van der Waals surface area contributed by atoms with Gasteiger partial charge in [-0.1, -0.05) is 22.8 Å². The Labute approximate surface area is 144 Å². The Balaban J connectivity index is 2.72. The minimum Gasteiger partial charge on any atom is -0.420 e. The van der Waals surface area contributed by atoms with E-state index in [4.69, 9.17) is 4.43 Å². The minimum absolute atomic E-state index is 0.234. The second-order valence-electron chi connectivity index (χ2n) is 5.54. The maximum absolute atomic E-state index is 13.9. The van der Waals surface area contributed by atoms with E-state index in [1.54, 1.807) is 7.11 Å². The lowest BCUT2D eigenvalue weighted by molar-refractivity contribution is 0.0632. The summed E-state index contributed by atoms with van der Waals surface area (Å²) < 4.78 is 72.6. The zero-order chi connectivity index (χ0) is 19.2. The maximum atomic E-state index is 13.9. The van der Waals surface area contributed by atoms with Crippen LogP contribution >= 0.6 is 0 Å². The summed E-state index contributed by atoms with van der Waals surface area (Å²) in [5.41, 5.74) is -1.20. The van der Waals surface area contributed by atoms with Gasteiger partial charge in [-0.25, -0.2) is 18.0 Å². The molecule has 0 atom stereocenters. The average Bonchev–Trinajstić information content (AvgIpc) is 2.62. The van der Waals surface area contributed by atoms with E-state index in [1.165, 1.54) is 0 Å². The van der Waals surface area contributed by atoms with Gasteiger partial charge in [-0.05, 0) is 36.7 Å². The van der Waals surface area contributed by atoms with Gasteiger partial charge in [0.1, 0.15) is 5.69 Å². The molecule has 0 heterocycles. The van der Waals surface area contributed by atoms with Gasteiger partial charge in [-0.2, -0.15) is 5.12 Å². The van der Waals surface area contributed by atoms with Crippen molar-refractivity contribution in [1.29, 1.82) is 0 Å². The Bertz CT molecular complexity index is 593. The summed E-state index contributed by atoms with van der Waals surface area (Å²) >= 11 is 0. The fourth-order valence-electron chi connectivity index (χ4n) is 2.50. The van der Waals surface area contributed by atoms with Gasteiger partial charge in [0.25, 0.3) is 0 Å². The number of benzene rings is 1. The second kappa shape index (κ2) is 9.14. The average molecular weight is 384 g/mol. The van der Waals surface area contributed by atoms with Gasteiger partial charge in [-0.15, -0.1) is 5.12 Å². The molecule has 0 aliphatic heterocycles. The number of hydrogen-bond donors (Lipinski definition) is 0. The van der Waals surface area contributed by atoms with Gasteiger partial charge in [0.05, 0.1) is 6.54 Å². The first-order valence-electron chi connectivity index (χ1n) is 7.84. The minimum atomic E-state index is -2.00. The highest BCUT2D eigenvalue weighted by atomic mass is 28.4. The molecule has 142 valence electrons. The third kappa shape index (κ3) is 4.91. The molecule has 0 N–H and O–H groups in total. The molecule has 0 saturated heterocycles.